The molecular weight excluding hydrogens is 250 g/mol. The molecule has 1 heterocycles. The van der Waals surface area contributed by atoms with Crippen LogP contribution in [-0.4, -0.2) is 23.1 Å². The zero-order valence-electron chi connectivity index (χ0n) is 13.3. The van der Waals surface area contributed by atoms with Gasteiger partial charge in [-0.1, -0.05) is 20.8 Å². The highest BCUT2D eigenvalue weighted by Crippen LogP contribution is 2.33. The molecule has 0 atom stereocenters. The maximum absolute atomic E-state index is 5.63. The highest BCUT2D eigenvalue weighted by Gasteiger charge is 2.27. The number of anilines is 2. The van der Waals surface area contributed by atoms with Gasteiger partial charge in [-0.25, -0.2) is 15.8 Å². The van der Waals surface area contributed by atoms with E-state index in [1.165, 1.54) is 12.8 Å². The Labute approximate surface area is 121 Å². The number of nitrogens with zero attached hydrogens (tertiary/aromatic N) is 3. The van der Waals surface area contributed by atoms with Gasteiger partial charge in [0, 0.05) is 24.1 Å². The van der Waals surface area contributed by atoms with Gasteiger partial charge >= 0.3 is 0 Å². The van der Waals surface area contributed by atoms with E-state index in [1.807, 2.05) is 6.92 Å². The van der Waals surface area contributed by atoms with Gasteiger partial charge in [0.15, 0.2) is 0 Å². The maximum atomic E-state index is 5.63. The number of aromatic nitrogens is 2. The Kier molecular flexibility index (Phi) is 4.18. The maximum Gasteiger partial charge on any atom is 0.148 e. The number of nitrogens with one attached hydrogen (secondary N) is 1. The van der Waals surface area contributed by atoms with Crippen molar-refractivity contribution in [2.45, 2.75) is 52.9 Å². The SMILES string of the molecule is CCN(CC1CC1)c1nc(C(C)(C)C)nc(NN)c1C. The van der Waals surface area contributed by atoms with Crippen molar-refractivity contribution in [2.75, 3.05) is 23.4 Å². The van der Waals surface area contributed by atoms with Crippen LogP contribution in [0, 0.1) is 12.8 Å². The highest BCUT2D eigenvalue weighted by molar-refractivity contribution is 5.58. The van der Waals surface area contributed by atoms with E-state index in [0.29, 0.717) is 0 Å². The molecule has 0 spiro atoms. The van der Waals surface area contributed by atoms with Crippen LogP contribution in [0.15, 0.2) is 0 Å². The summed E-state index contributed by atoms with van der Waals surface area (Å²) >= 11 is 0. The van der Waals surface area contributed by atoms with Crippen molar-refractivity contribution in [2.24, 2.45) is 11.8 Å². The first-order chi connectivity index (χ1) is 9.36. The van der Waals surface area contributed by atoms with E-state index >= 15 is 0 Å². The first kappa shape index (κ1) is 15.0. The van der Waals surface area contributed by atoms with Gasteiger partial charge in [-0.15, -0.1) is 0 Å². The van der Waals surface area contributed by atoms with E-state index in [-0.39, 0.29) is 5.41 Å². The summed E-state index contributed by atoms with van der Waals surface area (Å²) in [5.41, 5.74) is 3.66. The molecule has 0 aromatic carbocycles. The van der Waals surface area contributed by atoms with Crippen molar-refractivity contribution >= 4 is 11.6 Å². The molecule has 0 saturated heterocycles. The summed E-state index contributed by atoms with van der Waals surface area (Å²) in [5, 5.41) is 0. The monoisotopic (exact) mass is 277 g/mol. The van der Waals surface area contributed by atoms with Gasteiger partial charge in [0.25, 0.3) is 0 Å². The number of nitrogens with two attached hydrogens (primary N) is 1. The lowest BCUT2D eigenvalue weighted by Crippen LogP contribution is -2.30. The Morgan fingerprint density at radius 2 is 1.95 bits per heavy atom. The van der Waals surface area contributed by atoms with Crippen LogP contribution in [0.25, 0.3) is 0 Å². The molecule has 1 aliphatic rings. The lowest BCUT2D eigenvalue weighted by molar-refractivity contribution is 0.543. The van der Waals surface area contributed by atoms with E-state index in [2.05, 4.69) is 43.0 Å². The van der Waals surface area contributed by atoms with Crippen LogP contribution in [0.5, 0.6) is 0 Å². The van der Waals surface area contributed by atoms with Crippen molar-refractivity contribution in [3.63, 3.8) is 0 Å². The minimum atomic E-state index is -0.0902. The summed E-state index contributed by atoms with van der Waals surface area (Å²) in [5.74, 6) is 9.04. The molecular formula is C15H27N5. The Morgan fingerprint density at radius 3 is 2.40 bits per heavy atom. The first-order valence-electron chi connectivity index (χ1n) is 7.47. The predicted molar refractivity (Wildman–Crippen MR) is 83.9 cm³/mol. The minimum absolute atomic E-state index is 0.0902. The fraction of sp³-hybridized carbons (Fsp3) is 0.733. The molecule has 1 aromatic rings. The summed E-state index contributed by atoms with van der Waals surface area (Å²) in [4.78, 5) is 11.7. The van der Waals surface area contributed by atoms with E-state index in [1.54, 1.807) is 0 Å². The van der Waals surface area contributed by atoms with Crippen molar-refractivity contribution in [3.8, 4) is 0 Å². The second kappa shape index (κ2) is 5.56. The number of nitrogen functional groups attached to an aromatic ring is 1. The lowest BCUT2D eigenvalue weighted by Gasteiger charge is -2.27. The Hall–Kier alpha value is -1.36. The first-order valence-corrected chi connectivity index (χ1v) is 7.47. The van der Waals surface area contributed by atoms with Crippen LogP contribution in [0.1, 0.15) is 51.9 Å². The van der Waals surface area contributed by atoms with E-state index in [9.17, 15) is 0 Å². The molecule has 0 aliphatic heterocycles. The molecule has 0 amide bonds. The van der Waals surface area contributed by atoms with Crippen LogP contribution < -0.4 is 16.2 Å². The largest absolute Gasteiger partial charge is 0.356 e. The van der Waals surface area contributed by atoms with Crippen molar-refractivity contribution in [1.29, 1.82) is 0 Å². The number of hydrogen-bond acceptors (Lipinski definition) is 5. The molecule has 2 rings (SSSR count). The summed E-state index contributed by atoms with van der Waals surface area (Å²) < 4.78 is 0. The van der Waals surface area contributed by atoms with E-state index in [0.717, 1.165) is 42.0 Å². The second-order valence-electron chi connectivity index (χ2n) is 6.72. The van der Waals surface area contributed by atoms with Gasteiger partial charge in [-0.3, -0.25) is 0 Å². The number of rotatable bonds is 5. The lowest BCUT2D eigenvalue weighted by atomic mass is 9.95. The molecule has 1 aromatic heterocycles. The normalized spacial score (nSPS) is 15.3. The van der Waals surface area contributed by atoms with Gasteiger partial charge in [-0.05, 0) is 32.6 Å². The fourth-order valence-electron chi connectivity index (χ4n) is 2.27. The van der Waals surface area contributed by atoms with E-state index in [4.69, 9.17) is 10.8 Å². The average Bonchev–Trinajstić information content (AvgIpc) is 3.19. The Morgan fingerprint density at radius 1 is 1.30 bits per heavy atom. The third kappa shape index (κ3) is 3.20. The van der Waals surface area contributed by atoms with Crippen LogP contribution in [0.3, 0.4) is 0 Å². The van der Waals surface area contributed by atoms with Crippen LogP contribution in [0.2, 0.25) is 0 Å². The van der Waals surface area contributed by atoms with Gasteiger partial charge in [0.2, 0.25) is 0 Å². The average molecular weight is 277 g/mol. The van der Waals surface area contributed by atoms with Gasteiger partial charge in [0.1, 0.15) is 17.5 Å². The smallest absolute Gasteiger partial charge is 0.148 e. The summed E-state index contributed by atoms with van der Waals surface area (Å²) in [6.45, 7) is 12.6. The Balaban J connectivity index is 2.42. The molecule has 5 heteroatoms. The highest BCUT2D eigenvalue weighted by atomic mass is 15.3. The molecule has 0 radical (unpaired) electrons. The molecule has 1 fully saturated rings. The second-order valence-corrected chi connectivity index (χ2v) is 6.72. The van der Waals surface area contributed by atoms with Crippen LogP contribution in [0.4, 0.5) is 11.6 Å². The summed E-state index contributed by atoms with van der Waals surface area (Å²) in [6, 6.07) is 0. The molecule has 1 saturated carbocycles. The van der Waals surface area contributed by atoms with Gasteiger partial charge in [0.05, 0.1) is 0 Å². The topological polar surface area (TPSA) is 67.1 Å². The quantitative estimate of drug-likeness (QED) is 0.639. The Bertz CT molecular complexity index is 474. The minimum Gasteiger partial charge on any atom is -0.356 e. The van der Waals surface area contributed by atoms with Gasteiger partial charge < -0.3 is 10.3 Å². The standard InChI is InChI=1S/C15H27N5/c1-6-20(9-11-7-8-11)13-10(2)12(19-16)17-14(18-13)15(3,4)5/h11H,6-9,16H2,1-5H3,(H,17,18,19). The summed E-state index contributed by atoms with van der Waals surface area (Å²) in [7, 11) is 0. The molecule has 0 unspecified atom stereocenters. The number of hydrazine groups is 1. The molecule has 0 bridgehead atoms. The molecule has 20 heavy (non-hydrogen) atoms. The van der Waals surface area contributed by atoms with Crippen molar-refractivity contribution in [3.05, 3.63) is 11.4 Å². The summed E-state index contributed by atoms with van der Waals surface area (Å²) in [6.07, 6.45) is 2.68. The van der Waals surface area contributed by atoms with Gasteiger partial charge in [-0.2, -0.15) is 0 Å². The van der Waals surface area contributed by atoms with E-state index < -0.39 is 0 Å². The molecule has 112 valence electrons. The van der Waals surface area contributed by atoms with Crippen LogP contribution >= 0.6 is 0 Å². The molecule has 1 aliphatic carbocycles. The molecule has 5 nitrogen and oxygen atoms in total. The fourth-order valence-corrected chi connectivity index (χ4v) is 2.27. The zero-order chi connectivity index (χ0) is 14.9. The zero-order valence-corrected chi connectivity index (χ0v) is 13.3. The van der Waals surface area contributed by atoms with Crippen LogP contribution in [-0.2, 0) is 5.41 Å². The molecule has 3 N–H and O–H groups in total. The number of hydrogen-bond donors (Lipinski definition) is 2. The predicted octanol–water partition coefficient (Wildman–Crippen LogP) is 2.60. The van der Waals surface area contributed by atoms with Crippen molar-refractivity contribution < 1.29 is 0 Å². The van der Waals surface area contributed by atoms with Crippen molar-refractivity contribution in [1.82, 2.24) is 9.97 Å². The third-order valence-corrected chi connectivity index (χ3v) is 3.78. The third-order valence-electron chi connectivity index (χ3n) is 3.78.